The molecule has 1 spiro atoms. The molecule has 0 radical (unpaired) electrons. The van der Waals surface area contributed by atoms with Crippen molar-refractivity contribution in [2.75, 3.05) is 18.4 Å². The summed E-state index contributed by atoms with van der Waals surface area (Å²) in [7, 11) is 0. The van der Waals surface area contributed by atoms with E-state index in [1.807, 2.05) is 86.6 Å². The van der Waals surface area contributed by atoms with Crippen LogP contribution in [-0.4, -0.2) is 63.8 Å². The van der Waals surface area contributed by atoms with Crippen molar-refractivity contribution in [2.24, 2.45) is 22.7 Å². The molecule has 0 aliphatic carbocycles. The van der Waals surface area contributed by atoms with Crippen LogP contribution in [0.2, 0.25) is 0 Å². The van der Waals surface area contributed by atoms with Crippen molar-refractivity contribution >= 4 is 29.1 Å². The molecule has 4 aliphatic rings. The van der Waals surface area contributed by atoms with Crippen molar-refractivity contribution in [2.45, 2.75) is 64.3 Å². The Hall–Kier alpha value is -5.29. The summed E-state index contributed by atoms with van der Waals surface area (Å²) in [6, 6.07) is 22.5. The predicted octanol–water partition coefficient (Wildman–Crippen LogP) is 5.02. The number of anilines is 1. The molecular formula is C40H41N5O6. The van der Waals surface area contributed by atoms with Crippen LogP contribution in [0.15, 0.2) is 82.2 Å². The van der Waals surface area contributed by atoms with E-state index in [4.69, 9.17) is 19.1 Å². The van der Waals surface area contributed by atoms with Crippen LogP contribution in [0.25, 0.3) is 0 Å². The number of para-hydroxylation sites is 1. The number of amides is 2. The summed E-state index contributed by atoms with van der Waals surface area (Å²) in [6.07, 6.45) is -1.74. The molecule has 262 valence electrons. The van der Waals surface area contributed by atoms with Gasteiger partial charge < -0.3 is 24.9 Å². The maximum Gasteiger partial charge on any atom is 0.281 e. The lowest BCUT2D eigenvalue weighted by Gasteiger charge is -2.29. The molecule has 4 aromatic rings. The van der Waals surface area contributed by atoms with Crippen LogP contribution in [0.4, 0.5) is 5.69 Å². The second-order valence-corrected chi connectivity index (χ2v) is 14.6. The molecule has 3 N–H and O–H groups in total. The van der Waals surface area contributed by atoms with E-state index >= 15 is 0 Å². The molecule has 11 nitrogen and oxygen atoms in total. The number of nitrogens with one attached hydrogen (secondary N) is 2. The number of carbonyl (C=O) groups is 3. The lowest BCUT2D eigenvalue weighted by molar-refractivity contribution is -0.135. The van der Waals surface area contributed by atoms with Gasteiger partial charge >= 0.3 is 0 Å². The van der Waals surface area contributed by atoms with Crippen molar-refractivity contribution in [1.82, 2.24) is 15.2 Å². The number of oxazole rings is 1. The first-order chi connectivity index (χ1) is 24.6. The SMILES string of the molecule is CC(C)[C@H](O)C(=O)CC1Cc2ccc3c(c2)C2(c4ccccc4N[C@H]2O3)c2oc(nc2C(=O)N2CCN=C2c2ccccc2)[C@H](C(C)C)NC1=O. The summed E-state index contributed by atoms with van der Waals surface area (Å²) in [6.45, 7) is 8.25. The Morgan fingerprint density at radius 1 is 1.00 bits per heavy atom. The Balaban J connectivity index is 1.34. The van der Waals surface area contributed by atoms with Crippen LogP contribution in [0.1, 0.15) is 84.6 Å². The Morgan fingerprint density at radius 2 is 1.76 bits per heavy atom. The number of ketones is 1. The van der Waals surface area contributed by atoms with Crippen LogP contribution in [-0.2, 0) is 21.4 Å². The molecule has 0 saturated carbocycles. The minimum absolute atomic E-state index is 0.117. The number of carbonyl (C=O) groups excluding carboxylic acids is 3. The number of nitrogens with zero attached hydrogens (tertiary/aromatic N) is 3. The predicted molar refractivity (Wildman–Crippen MR) is 190 cm³/mol. The average molecular weight is 688 g/mol. The highest BCUT2D eigenvalue weighted by Crippen LogP contribution is 2.58. The van der Waals surface area contributed by atoms with E-state index in [-0.39, 0.29) is 53.9 Å². The molecule has 4 bridgehead atoms. The number of aromatic nitrogens is 1. The molecular weight excluding hydrogens is 646 g/mol. The van der Waals surface area contributed by atoms with Gasteiger partial charge in [-0.05, 0) is 41.5 Å². The molecule has 2 amide bonds. The molecule has 1 aromatic heterocycles. The largest absolute Gasteiger partial charge is 0.469 e. The number of aliphatic hydroxyl groups excluding tert-OH is 1. The lowest BCUT2D eigenvalue weighted by atomic mass is 9.72. The maximum atomic E-state index is 14.9. The molecule has 5 heterocycles. The van der Waals surface area contributed by atoms with Gasteiger partial charge in [0.2, 0.25) is 11.8 Å². The number of ether oxygens (including phenoxy) is 1. The normalized spacial score (nSPS) is 23.7. The van der Waals surface area contributed by atoms with Crippen LogP contribution in [0, 0.1) is 17.8 Å². The van der Waals surface area contributed by atoms with Crippen molar-refractivity contribution in [3.05, 3.63) is 112 Å². The van der Waals surface area contributed by atoms with Crippen LogP contribution < -0.4 is 15.4 Å². The molecule has 8 rings (SSSR count). The molecule has 4 aliphatic heterocycles. The molecule has 0 fully saturated rings. The quantitative estimate of drug-likeness (QED) is 0.246. The van der Waals surface area contributed by atoms with E-state index in [0.29, 0.717) is 30.4 Å². The first-order valence-corrected chi connectivity index (χ1v) is 17.7. The molecule has 0 saturated heterocycles. The molecule has 2 unspecified atom stereocenters. The number of aliphatic imine (C=N–C) groups is 1. The summed E-state index contributed by atoms with van der Waals surface area (Å²) in [5.74, 6) is -0.701. The van der Waals surface area contributed by atoms with Crippen molar-refractivity contribution < 1.29 is 28.6 Å². The number of benzene rings is 3. The van der Waals surface area contributed by atoms with Gasteiger partial charge in [-0.2, -0.15) is 0 Å². The number of Topliss-reactive ketones (excluding diaryl/α,β-unsaturated/α-hetero) is 1. The Bertz CT molecular complexity index is 2070. The second-order valence-electron chi connectivity index (χ2n) is 14.6. The number of rotatable bonds is 7. The second kappa shape index (κ2) is 12.5. The van der Waals surface area contributed by atoms with E-state index in [1.54, 1.807) is 18.7 Å². The van der Waals surface area contributed by atoms with Gasteiger partial charge in [0, 0.05) is 35.7 Å². The monoisotopic (exact) mass is 687 g/mol. The fourth-order valence-corrected chi connectivity index (χ4v) is 7.90. The number of hydrogen-bond donors (Lipinski definition) is 3. The lowest BCUT2D eigenvalue weighted by Crippen LogP contribution is -2.42. The zero-order chi connectivity index (χ0) is 35.6. The average Bonchev–Trinajstić information content (AvgIpc) is 3.91. The standard InChI is InChI=1S/C40H41N5O6/c1-21(2)31-37-44-32(38(49)45-17-16-41-35(45)24-10-6-5-7-11-24)34(51-37)40-26-12-8-9-13-28(26)42-39(40)50-30-15-14-23(19-27(30)40)18-25(36(48)43-31)20-29(46)33(47)22(3)4/h5-15,19,21-22,25,31,33,39,42,47H,16-18,20H2,1-4H3,(H,43,48)/t25?,31-,33-,39-,40?/m0/s1. The van der Waals surface area contributed by atoms with E-state index < -0.39 is 29.7 Å². The Morgan fingerprint density at radius 3 is 2.53 bits per heavy atom. The first kappa shape index (κ1) is 32.9. The third-order valence-electron chi connectivity index (χ3n) is 10.6. The summed E-state index contributed by atoms with van der Waals surface area (Å²) < 4.78 is 13.5. The van der Waals surface area contributed by atoms with Crippen LogP contribution in [0.3, 0.4) is 0 Å². The minimum Gasteiger partial charge on any atom is -0.469 e. The Labute approximate surface area is 296 Å². The van der Waals surface area contributed by atoms with Gasteiger partial charge in [0.15, 0.2) is 23.5 Å². The number of amidine groups is 1. The zero-order valence-corrected chi connectivity index (χ0v) is 29.1. The van der Waals surface area contributed by atoms with E-state index in [0.717, 1.165) is 27.9 Å². The van der Waals surface area contributed by atoms with Gasteiger partial charge in [-0.15, -0.1) is 0 Å². The number of hydrogen-bond acceptors (Lipinski definition) is 9. The third kappa shape index (κ3) is 5.24. The minimum atomic E-state index is -1.18. The summed E-state index contributed by atoms with van der Waals surface area (Å²) in [5.41, 5.74) is 3.11. The third-order valence-corrected chi connectivity index (χ3v) is 10.6. The van der Waals surface area contributed by atoms with Crippen molar-refractivity contribution in [1.29, 1.82) is 0 Å². The molecule has 51 heavy (non-hydrogen) atoms. The molecule has 11 heteroatoms. The highest BCUT2D eigenvalue weighted by molar-refractivity contribution is 6.13. The van der Waals surface area contributed by atoms with Gasteiger partial charge in [-0.25, -0.2) is 4.98 Å². The van der Waals surface area contributed by atoms with Gasteiger partial charge in [0.1, 0.15) is 29.1 Å². The van der Waals surface area contributed by atoms with Gasteiger partial charge in [0.05, 0.1) is 6.54 Å². The van der Waals surface area contributed by atoms with Gasteiger partial charge in [-0.1, -0.05) is 88.4 Å². The first-order valence-electron chi connectivity index (χ1n) is 17.7. The smallest absolute Gasteiger partial charge is 0.281 e. The molecule has 3 aromatic carbocycles. The number of aliphatic hydroxyl groups is 1. The fourth-order valence-electron chi connectivity index (χ4n) is 7.90. The van der Waals surface area contributed by atoms with Crippen LogP contribution in [0.5, 0.6) is 5.75 Å². The Kier molecular flexibility index (Phi) is 8.05. The summed E-state index contributed by atoms with van der Waals surface area (Å²) >= 11 is 0. The maximum absolute atomic E-state index is 14.9. The summed E-state index contributed by atoms with van der Waals surface area (Å²) in [5, 5.41) is 17.3. The van der Waals surface area contributed by atoms with Crippen molar-refractivity contribution in [3.8, 4) is 5.75 Å². The van der Waals surface area contributed by atoms with Gasteiger partial charge in [0.25, 0.3) is 5.91 Å². The topological polar surface area (TPSA) is 146 Å². The number of fused-ring (bicyclic) bond motifs is 4. The van der Waals surface area contributed by atoms with Crippen LogP contribution >= 0.6 is 0 Å². The fraction of sp³-hybridized carbons (Fsp3) is 0.375. The summed E-state index contributed by atoms with van der Waals surface area (Å²) in [4.78, 5) is 53.7. The van der Waals surface area contributed by atoms with Crippen molar-refractivity contribution in [3.63, 3.8) is 0 Å². The highest BCUT2D eigenvalue weighted by atomic mass is 16.5. The highest BCUT2D eigenvalue weighted by Gasteiger charge is 2.61. The van der Waals surface area contributed by atoms with E-state index in [1.165, 1.54) is 0 Å². The van der Waals surface area contributed by atoms with Gasteiger partial charge in [-0.3, -0.25) is 24.3 Å². The molecule has 5 atom stereocenters. The van der Waals surface area contributed by atoms with E-state index in [9.17, 15) is 19.5 Å². The zero-order valence-electron chi connectivity index (χ0n) is 29.1. The van der Waals surface area contributed by atoms with E-state index in [2.05, 4.69) is 10.6 Å².